The van der Waals surface area contributed by atoms with Crippen LogP contribution in [0.3, 0.4) is 0 Å². The molecule has 11 heteroatoms. The largest absolute Gasteiger partial charge is 0.396 e. The Morgan fingerprint density at radius 1 is 1.40 bits per heavy atom. The molecule has 20 heavy (non-hydrogen) atoms. The molecule has 0 atom stereocenters. The molecule has 0 saturated carbocycles. The highest BCUT2D eigenvalue weighted by molar-refractivity contribution is 7.91. The maximum Gasteiger partial charge on any atom is 0.390 e. The average Bonchev–Trinajstić information content (AvgIpc) is 2.52. The lowest BCUT2D eigenvalue weighted by molar-refractivity contribution is -0.131. The van der Waals surface area contributed by atoms with E-state index in [9.17, 15) is 26.4 Å². The van der Waals surface area contributed by atoms with Crippen molar-refractivity contribution in [3.05, 3.63) is 4.88 Å². The standard InChI is InChI=1S/C9H12F3N3O3S2/c1-20(17,18)6-4(13)5(7(14)16)19-8(6)15-3-2-9(10,11)12/h15H,2-3,13H2,1H3,(H2,14,16). The number of thiophene rings is 1. The van der Waals surface area contributed by atoms with E-state index in [1.807, 2.05) is 0 Å². The first kappa shape index (κ1) is 16.6. The van der Waals surface area contributed by atoms with Crippen LogP contribution in [0.15, 0.2) is 4.90 Å². The molecular weight excluding hydrogens is 319 g/mol. The Bertz CT molecular complexity index is 622. The Morgan fingerprint density at radius 2 is 1.95 bits per heavy atom. The van der Waals surface area contributed by atoms with Crippen LogP contribution in [0.4, 0.5) is 23.9 Å². The van der Waals surface area contributed by atoms with E-state index in [4.69, 9.17) is 11.5 Å². The number of halogens is 3. The van der Waals surface area contributed by atoms with E-state index >= 15 is 0 Å². The van der Waals surface area contributed by atoms with Crippen molar-refractivity contribution in [2.75, 3.05) is 23.9 Å². The first-order valence-electron chi connectivity index (χ1n) is 5.16. The van der Waals surface area contributed by atoms with Crippen molar-refractivity contribution in [2.45, 2.75) is 17.5 Å². The number of alkyl halides is 3. The molecule has 114 valence electrons. The van der Waals surface area contributed by atoms with Gasteiger partial charge in [0.15, 0.2) is 9.84 Å². The van der Waals surface area contributed by atoms with E-state index in [2.05, 4.69) is 5.32 Å². The number of amides is 1. The molecule has 0 spiro atoms. The first-order chi connectivity index (χ1) is 8.93. The van der Waals surface area contributed by atoms with Gasteiger partial charge >= 0.3 is 6.18 Å². The van der Waals surface area contributed by atoms with Gasteiger partial charge in [0, 0.05) is 12.8 Å². The number of nitrogens with one attached hydrogen (secondary N) is 1. The number of rotatable bonds is 5. The summed E-state index contributed by atoms with van der Waals surface area (Å²) in [4.78, 5) is 10.5. The minimum Gasteiger partial charge on any atom is -0.396 e. The summed E-state index contributed by atoms with van der Waals surface area (Å²) >= 11 is 0.615. The van der Waals surface area contributed by atoms with Crippen molar-refractivity contribution in [1.29, 1.82) is 0 Å². The molecule has 6 nitrogen and oxygen atoms in total. The maximum atomic E-state index is 12.1. The SMILES string of the molecule is CS(=O)(=O)c1c(NCCC(F)(F)F)sc(C(N)=O)c1N. The van der Waals surface area contributed by atoms with Crippen LogP contribution in [-0.2, 0) is 9.84 Å². The number of nitrogen functional groups attached to an aromatic ring is 1. The highest BCUT2D eigenvalue weighted by Gasteiger charge is 2.29. The first-order valence-corrected chi connectivity index (χ1v) is 7.87. The fourth-order valence-corrected chi connectivity index (χ4v) is 3.86. The number of sulfone groups is 1. The van der Waals surface area contributed by atoms with Gasteiger partial charge < -0.3 is 16.8 Å². The fourth-order valence-electron chi connectivity index (χ4n) is 1.41. The lowest BCUT2D eigenvalue weighted by Crippen LogP contribution is -2.15. The minimum absolute atomic E-state index is 0.122. The lowest BCUT2D eigenvalue weighted by Gasteiger charge is -2.08. The predicted molar refractivity (Wildman–Crippen MR) is 69.5 cm³/mol. The van der Waals surface area contributed by atoms with E-state index in [-0.39, 0.29) is 15.6 Å². The van der Waals surface area contributed by atoms with Gasteiger partial charge in [0.2, 0.25) is 0 Å². The van der Waals surface area contributed by atoms with Crippen LogP contribution in [-0.4, -0.2) is 33.3 Å². The van der Waals surface area contributed by atoms with Gasteiger partial charge in [-0.2, -0.15) is 13.2 Å². The predicted octanol–water partition coefficient (Wildman–Crippen LogP) is 1.20. The molecule has 1 heterocycles. The van der Waals surface area contributed by atoms with Crippen molar-refractivity contribution in [3.63, 3.8) is 0 Å². The Kier molecular flexibility index (Phi) is 4.54. The lowest BCUT2D eigenvalue weighted by atomic mass is 10.3. The summed E-state index contributed by atoms with van der Waals surface area (Å²) in [6.07, 6.45) is -4.70. The number of primary amides is 1. The van der Waals surface area contributed by atoms with E-state index in [0.717, 1.165) is 6.26 Å². The Labute approximate surface area is 116 Å². The highest BCUT2D eigenvalue weighted by Crippen LogP contribution is 2.39. The fraction of sp³-hybridized carbons (Fsp3) is 0.444. The summed E-state index contributed by atoms with van der Waals surface area (Å²) in [7, 11) is -3.81. The molecule has 1 aromatic heterocycles. The van der Waals surface area contributed by atoms with Crippen LogP contribution < -0.4 is 16.8 Å². The third kappa shape index (κ3) is 4.00. The van der Waals surface area contributed by atoms with Crippen molar-refractivity contribution in [3.8, 4) is 0 Å². The van der Waals surface area contributed by atoms with Crippen molar-refractivity contribution >= 4 is 37.8 Å². The zero-order valence-corrected chi connectivity index (χ0v) is 11.9. The summed E-state index contributed by atoms with van der Waals surface area (Å²) in [6.45, 7) is -0.538. The van der Waals surface area contributed by atoms with E-state index in [1.165, 1.54) is 0 Å². The normalized spacial score (nSPS) is 12.4. The van der Waals surface area contributed by atoms with Crippen LogP contribution in [0.2, 0.25) is 0 Å². The second-order valence-electron chi connectivity index (χ2n) is 3.93. The monoisotopic (exact) mass is 331 g/mol. The molecular formula is C9H12F3N3O3S2. The summed E-state index contributed by atoms with van der Waals surface area (Å²) < 4.78 is 59.3. The van der Waals surface area contributed by atoms with E-state index in [1.54, 1.807) is 0 Å². The molecule has 0 fully saturated rings. The average molecular weight is 331 g/mol. The number of nitrogens with two attached hydrogens (primary N) is 2. The Balaban J connectivity index is 3.13. The zero-order chi connectivity index (χ0) is 15.7. The number of hydrogen-bond acceptors (Lipinski definition) is 6. The van der Waals surface area contributed by atoms with Gasteiger partial charge in [0.05, 0.1) is 12.1 Å². The number of carbonyl (C=O) groups excluding carboxylic acids is 1. The topological polar surface area (TPSA) is 115 Å². The van der Waals surface area contributed by atoms with Crippen molar-refractivity contribution < 1.29 is 26.4 Å². The molecule has 0 aliphatic heterocycles. The molecule has 0 aliphatic rings. The van der Waals surface area contributed by atoms with E-state index in [0.29, 0.717) is 11.3 Å². The summed E-state index contributed by atoms with van der Waals surface area (Å²) in [5.41, 5.74) is 10.2. The number of hydrogen-bond donors (Lipinski definition) is 3. The molecule has 0 saturated heterocycles. The Hall–Kier alpha value is -1.49. The van der Waals surface area contributed by atoms with Crippen LogP contribution in [0.1, 0.15) is 16.1 Å². The molecule has 1 aromatic rings. The second kappa shape index (κ2) is 5.48. The van der Waals surface area contributed by atoms with Crippen LogP contribution in [0.25, 0.3) is 0 Å². The highest BCUT2D eigenvalue weighted by atomic mass is 32.2. The number of carbonyl (C=O) groups is 1. The quantitative estimate of drug-likeness (QED) is 0.750. The molecule has 0 aromatic carbocycles. The van der Waals surface area contributed by atoms with Gasteiger partial charge in [-0.25, -0.2) is 8.42 Å². The second-order valence-corrected chi connectivity index (χ2v) is 6.90. The van der Waals surface area contributed by atoms with Gasteiger partial charge in [0.25, 0.3) is 5.91 Å². The molecule has 5 N–H and O–H groups in total. The van der Waals surface area contributed by atoms with Crippen LogP contribution in [0, 0.1) is 0 Å². The third-order valence-corrected chi connectivity index (χ3v) is 4.66. The molecule has 0 bridgehead atoms. The maximum absolute atomic E-state index is 12.1. The molecule has 1 amide bonds. The van der Waals surface area contributed by atoms with Gasteiger partial charge in [-0.1, -0.05) is 0 Å². The molecule has 1 rings (SSSR count). The Morgan fingerprint density at radius 3 is 2.35 bits per heavy atom. The zero-order valence-electron chi connectivity index (χ0n) is 10.2. The van der Waals surface area contributed by atoms with Gasteiger partial charge in [-0.15, -0.1) is 11.3 Å². The number of anilines is 2. The molecule has 0 unspecified atom stereocenters. The van der Waals surface area contributed by atoms with Crippen LogP contribution in [0.5, 0.6) is 0 Å². The third-order valence-electron chi connectivity index (χ3n) is 2.19. The van der Waals surface area contributed by atoms with Crippen molar-refractivity contribution in [1.82, 2.24) is 0 Å². The van der Waals surface area contributed by atoms with Gasteiger partial charge in [-0.05, 0) is 0 Å². The smallest absolute Gasteiger partial charge is 0.390 e. The van der Waals surface area contributed by atoms with E-state index < -0.39 is 39.8 Å². The summed E-state index contributed by atoms with van der Waals surface area (Å²) in [5, 5.41) is 2.20. The molecule has 0 aliphatic carbocycles. The van der Waals surface area contributed by atoms with Crippen LogP contribution >= 0.6 is 11.3 Å². The van der Waals surface area contributed by atoms with Gasteiger partial charge in [-0.3, -0.25) is 4.79 Å². The van der Waals surface area contributed by atoms with Gasteiger partial charge in [0.1, 0.15) is 14.8 Å². The minimum atomic E-state index is -4.38. The van der Waals surface area contributed by atoms with Crippen molar-refractivity contribution in [2.24, 2.45) is 5.73 Å². The molecule has 0 radical (unpaired) electrons. The summed E-state index contributed by atoms with van der Waals surface area (Å²) in [5.74, 6) is -0.943. The summed E-state index contributed by atoms with van der Waals surface area (Å²) in [6, 6.07) is 0.